The fourth-order valence-corrected chi connectivity index (χ4v) is 4.10. The summed E-state index contributed by atoms with van der Waals surface area (Å²) in [5.74, 6) is 0.950. The van der Waals surface area contributed by atoms with E-state index < -0.39 is 0 Å². The molecule has 11 nitrogen and oxygen atoms in total. The maximum Gasteiger partial charge on any atom is 0.251 e. The van der Waals surface area contributed by atoms with Gasteiger partial charge in [-0.15, -0.1) is 0 Å². The highest BCUT2D eigenvalue weighted by Crippen LogP contribution is 2.21. The van der Waals surface area contributed by atoms with E-state index in [1.807, 2.05) is 0 Å². The number of carbonyl (C=O) groups is 1. The highest BCUT2D eigenvalue weighted by molar-refractivity contribution is 5.94. The lowest BCUT2D eigenvalue weighted by Crippen LogP contribution is -2.31. The van der Waals surface area contributed by atoms with Gasteiger partial charge < -0.3 is 36.1 Å². The van der Waals surface area contributed by atoms with Crippen molar-refractivity contribution in [1.29, 1.82) is 0 Å². The summed E-state index contributed by atoms with van der Waals surface area (Å²) in [6.45, 7) is 4.93. The van der Waals surface area contributed by atoms with Gasteiger partial charge in [0.15, 0.2) is 0 Å². The summed E-state index contributed by atoms with van der Waals surface area (Å²) in [5.41, 5.74) is 7.54. The third kappa shape index (κ3) is 9.40. The van der Waals surface area contributed by atoms with E-state index in [-0.39, 0.29) is 11.7 Å². The zero-order chi connectivity index (χ0) is 28.0. The number of nitrogens with two attached hydrogens (primary N) is 1. The van der Waals surface area contributed by atoms with E-state index in [2.05, 4.69) is 35.8 Å². The monoisotopic (exact) mass is 552 g/mol. The Morgan fingerprint density at radius 3 is 2.30 bits per heavy atom. The van der Waals surface area contributed by atoms with Crippen molar-refractivity contribution >= 4 is 29.4 Å². The van der Waals surface area contributed by atoms with E-state index in [0.29, 0.717) is 69.5 Å². The molecule has 1 aromatic heterocycles. The number of amides is 1. The Labute approximate surface area is 233 Å². The Morgan fingerprint density at radius 1 is 0.875 bits per heavy atom. The second-order valence-corrected chi connectivity index (χ2v) is 9.28. The Hall–Kier alpha value is -3.87. The third-order valence-corrected chi connectivity index (χ3v) is 6.20. The molecule has 0 aliphatic carbocycles. The van der Waals surface area contributed by atoms with Crippen LogP contribution >= 0.6 is 0 Å². The smallest absolute Gasteiger partial charge is 0.251 e. The summed E-state index contributed by atoms with van der Waals surface area (Å²) in [6.07, 6.45) is 3.37. The van der Waals surface area contributed by atoms with Gasteiger partial charge in [-0.25, -0.2) is 4.39 Å². The van der Waals surface area contributed by atoms with Crippen molar-refractivity contribution in [3.8, 4) is 0 Å². The van der Waals surface area contributed by atoms with Gasteiger partial charge in [-0.2, -0.15) is 15.0 Å². The first kappa shape index (κ1) is 29.1. The molecule has 2 aromatic carbocycles. The highest BCUT2D eigenvalue weighted by Gasteiger charge is 2.17. The van der Waals surface area contributed by atoms with Crippen LogP contribution in [0.3, 0.4) is 0 Å². The molecule has 214 valence electrons. The summed E-state index contributed by atoms with van der Waals surface area (Å²) in [7, 11) is 0. The van der Waals surface area contributed by atoms with Gasteiger partial charge in [0, 0.05) is 44.0 Å². The number of piperidine rings is 1. The van der Waals surface area contributed by atoms with Gasteiger partial charge in [-0.3, -0.25) is 4.79 Å². The zero-order valence-corrected chi connectivity index (χ0v) is 22.6. The summed E-state index contributed by atoms with van der Waals surface area (Å²) < 4.78 is 23.9. The molecule has 40 heavy (non-hydrogen) atoms. The van der Waals surface area contributed by atoms with E-state index in [9.17, 15) is 9.18 Å². The predicted octanol–water partition coefficient (Wildman–Crippen LogP) is 3.08. The SMILES string of the molecule is NCCOCCOCCNC(=O)c1ccc(Nc2nc(NCc3ccc(F)cc3)nc(N3CCCCC3)n2)cc1. The molecule has 0 atom stereocenters. The Morgan fingerprint density at radius 2 is 1.57 bits per heavy atom. The molecule has 12 heteroatoms. The second kappa shape index (κ2) is 15.7. The predicted molar refractivity (Wildman–Crippen MR) is 152 cm³/mol. The zero-order valence-electron chi connectivity index (χ0n) is 22.6. The van der Waals surface area contributed by atoms with E-state index in [1.54, 1.807) is 36.4 Å². The van der Waals surface area contributed by atoms with Gasteiger partial charge >= 0.3 is 0 Å². The number of hydrogen-bond acceptors (Lipinski definition) is 10. The van der Waals surface area contributed by atoms with Gasteiger partial charge in [-0.05, 0) is 61.2 Å². The van der Waals surface area contributed by atoms with Crippen LogP contribution in [-0.2, 0) is 16.0 Å². The summed E-state index contributed by atoms with van der Waals surface area (Å²) in [4.78, 5) is 28.4. The molecule has 1 aliphatic rings. The summed E-state index contributed by atoms with van der Waals surface area (Å²) >= 11 is 0. The fourth-order valence-electron chi connectivity index (χ4n) is 4.10. The normalized spacial score (nSPS) is 13.2. The molecule has 3 aromatic rings. The van der Waals surface area contributed by atoms with Crippen molar-refractivity contribution < 1.29 is 18.7 Å². The molecule has 0 saturated carbocycles. The minimum atomic E-state index is -0.277. The number of hydrogen-bond donors (Lipinski definition) is 4. The van der Waals surface area contributed by atoms with Crippen molar-refractivity contribution in [1.82, 2.24) is 20.3 Å². The van der Waals surface area contributed by atoms with Gasteiger partial charge in [0.05, 0.1) is 26.4 Å². The first-order valence-corrected chi connectivity index (χ1v) is 13.6. The minimum absolute atomic E-state index is 0.186. The maximum atomic E-state index is 13.3. The number of nitrogens with zero attached hydrogens (tertiary/aromatic N) is 4. The number of rotatable bonds is 15. The van der Waals surface area contributed by atoms with Crippen LogP contribution in [-0.4, -0.2) is 73.5 Å². The van der Waals surface area contributed by atoms with Crippen LogP contribution in [0.1, 0.15) is 35.2 Å². The molecule has 5 N–H and O–H groups in total. The third-order valence-electron chi connectivity index (χ3n) is 6.20. The molecular formula is C28H37FN8O3. The standard InChI is InChI=1S/C28H37FN8O3/c29-23-8-4-21(5-9-23)20-32-26-34-27(36-28(35-26)37-14-2-1-3-15-37)33-24-10-6-22(7-11-24)25(38)31-13-17-40-19-18-39-16-12-30/h4-11H,1-3,12-20,30H2,(H,31,38)(H2,32,33,34,35,36). The van der Waals surface area contributed by atoms with E-state index in [1.165, 1.54) is 18.6 Å². The number of ether oxygens (including phenoxy) is 2. The molecule has 0 radical (unpaired) electrons. The lowest BCUT2D eigenvalue weighted by molar-refractivity contribution is 0.0511. The molecular weight excluding hydrogens is 515 g/mol. The summed E-state index contributed by atoms with van der Waals surface area (Å²) in [5, 5.41) is 9.29. The minimum Gasteiger partial charge on any atom is -0.378 e. The van der Waals surface area contributed by atoms with Gasteiger partial charge in [0.2, 0.25) is 17.8 Å². The number of anilines is 4. The van der Waals surface area contributed by atoms with E-state index in [4.69, 9.17) is 15.2 Å². The van der Waals surface area contributed by atoms with Crippen LogP contribution in [0.25, 0.3) is 0 Å². The average molecular weight is 553 g/mol. The van der Waals surface area contributed by atoms with Gasteiger partial charge in [0.25, 0.3) is 5.91 Å². The quantitative estimate of drug-likeness (QED) is 0.208. The molecule has 2 heterocycles. The maximum absolute atomic E-state index is 13.3. The topological polar surface area (TPSA) is 140 Å². The Balaban J connectivity index is 1.34. The van der Waals surface area contributed by atoms with Crippen LogP contribution in [0, 0.1) is 5.82 Å². The van der Waals surface area contributed by atoms with Crippen molar-refractivity contribution in [2.75, 3.05) is 68.1 Å². The number of nitrogens with one attached hydrogen (secondary N) is 3. The molecule has 1 amide bonds. The molecule has 1 aliphatic heterocycles. The second-order valence-electron chi connectivity index (χ2n) is 9.28. The number of halogens is 1. The van der Waals surface area contributed by atoms with Crippen LogP contribution in [0.15, 0.2) is 48.5 Å². The Kier molecular flexibility index (Phi) is 11.4. The molecule has 0 spiro atoms. The molecule has 1 saturated heterocycles. The fraction of sp³-hybridized carbons (Fsp3) is 0.429. The number of carbonyl (C=O) groups excluding carboxylic acids is 1. The van der Waals surface area contributed by atoms with Crippen LogP contribution in [0.2, 0.25) is 0 Å². The Bertz CT molecular complexity index is 1190. The lowest BCUT2D eigenvalue weighted by Gasteiger charge is -2.27. The van der Waals surface area contributed by atoms with Crippen molar-refractivity contribution in [3.63, 3.8) is 0 Å². The van der Waals surface area contributed by atoms with Crippen molar-refractivity contribution in [2.45, 2.75) is 25.8 Å². The summed E-state index contributed by atoms with van der Waals surface area (Å²) in [6, 6.07) is 13.4. The first-order chi connectivity index (χ1) is 19.6. The lowest BCUT2D eigenvalue weighted by atomic mass is 10.1. The highest BCUT2D eigenvalue weighted by atomic mass is 19.1. The first-order valence-electron chi connectivity index (χ1n) is 13.6. The average Bonchev–Trinajstić information content (AvgIpc) is 2.99. The van der Waals surface area contributed by atoms with Crippen LogP contribution < -0.4 is 26.6 Å². The van der Waals surface area contributed by atoms with Crippen LogP contribution in [0.4, 0.5) is 27.9 Å². The van der Waals surface area contributed by atoms with Crippen molar-refractivity contribution in [2.24, 2.45) is 5.73 Å². The number of aromatic nitrogens is 3. The largest absolute Gasteiger partial charge is 0.378 e. The molecule has 0 unspecified atom stereocenters. The van der Waals surface area contributed by atoms with Crippen LogP contribution in [0.5, 0.6) is 0 Å². The molecule has 0 bridgehead atoms. The molecule has 4 rings (SSSR count). The van der Waals surface area contributed by atoms with E-state index in [0.717, 1.165) is 37.2 Å². The van der Waals surface area contributed by atoms with E-state index >= 15 is 0 Å². The van der Waals surface area contributed by atoms with Crippen molar-refractivity contribution in [3.05, 3.63) is 65.5 Å². The molecule has 1 fully saturated rings. The van der Waals surface area contributed by atoms with Gasteiger partial charge in [-0.1, -0.05) is 12.1 Å². The number of benzene rings is 2. The van der Waals surface area contributed by atoms with Gasteiger partial charge in [0.1, 0.15) is 5.82 Å².